The van der Waals surface area contributed by atoms with Crippen LogP contribution in [0, 0.1) is 0 Å². The number of anilines is 1. The molecule has 0 saturated carbocycles. The van der Waals surface area contributed by atoms with Crippen molar-refractivity contribution in [1.29, 1.82) is 0 Å². The molecule has 0 aromatic heterocycles. The van der Waals surface area contributed by atoms with E-state index in [-0.39, 0.29) is 17.8 Å². The summed E-state index contributed by atoms with van der Waals surface area (Å²) >= 11 is 0. The topological polar surface area (TPSA) is 78.8 Å². The first kappa shape index (κ1) is 24.2. The lowest BCUT2D eigenvalue weighted by molar-refractivity contribution is 0.0956. The molecule has 0 aliphatic carbocycles. The van der Waals surface area contributed by atoms with Crippen LogP contribution in [0.25, 0.3) is 21.5 Å². The van der Waals surface area contributed by atoms with Gasteiger partial charge in [-0.2, -0.15) is 5.10 Å². The number of carbonyl (C=O) groups is 1. The molecule has 37 heavy (non-hydrogen) atoms. The van der Waals surface area contributed by atoms with Crippen molar-refractivity contribution in [3.8, 4) is 0 Å². The van der Waals surface area contributed by atoms with E-state index in [9.17, 15) is 13.2 Å². The fraction of sp³-hybridized carbons (Fsp3) is 0.0667. The average Bonchev–Trinajstić information content (AvgIpc) is 2.91. The standard InChI is InChI=1S/C30H25N3O3S/c1-37(35,36)33(21-22-11-3-2-4-12-22)29-18-10-9-17-27(29)30(34)32-31-20-28-25-15-7-5-13-23(25)19-24-14-6-8-16-26(24)28/h2-20H,21H2,1H3,(H,32,34). The quantitative estimate of drug-likeness (QED) is 0.174. The molecule has 0 saturated heterocycles. The minimum absolute atomic E-state index is 0.106. The number of hydrogen-bond donors (Lipinski definition) is 1. The van der Waals surface area contributed by atoms with Crippen LogP contribution in [0.4, 0.5) is 5.69 Å². The molecule has 0 unspecified atom stereocenters. The maximum absolute atomic E-state index is 13.2. The number of rotatable bonds is 7. The molecule has 0 radical (unpaired) electrons. The van der Waals surface area contributed by atoms with Gasteiger partial charge in [0.15, 0.2) is 0 Å². The first-order valence-corrected chi connectivity index (χ1v) is 13.6. The van der Waals surface area contributed by atoms with Crippen molar-refractivity contribution in [3.05, 3.63) is 126 Å². The van der Waals surface area contributed by atoms with Crippen LogP contribution < -0.4 is 9.73 Å². The van der Waals surface area contributed by atoms with Crippen molar-refractivity contribution in [2.45, 2.75) is 6.54 Å². The van der Waals surface area contributed by atoms with Crippen molar-refractivity contribution in [2.24, 2.45) is 5.10 Å². The predicted molar refractivity (Wildman–Crippen MR) is 150 cm³/mol. The number of nitrogens with one attached hydrogen (secondary N) is 1. The monoisotopic (exact) mass is 507 g/mol. The lowest BCUT2D eigenvalue weighted by Crippen LogP contribution is -2.32. The fourth-order valence-electron chi connectivity index (χ4n) is 4.42. The van der Waals surface area contributed by atoms with Crippen molar-refractivity contribution < 1.29 is 13.2 Å². The summed E-state index contributed by atoms with van der Waals surface area (Å²) in [5.41, 5.74) is 4.80. The molecule has 0 spiro atoms. The Hall–Kier alpha value is -4.49. The minimum Gasteiger partial charge on any atom is -0.267 e. The molecule has 0 fully saturated rings. The highest BCUT2D eigenvalue weighted by Gasteiger charge is 2.23. The van der Waals surface area contributed by atoms with Crippen LogP contribution in [0.5, 0.6) is 0 Å². The van der Waals surface area contributed by atoms with Gasteiger partial charge in [-0.05, 0) is 45.3 Å². The lowest BCUT2D eigenvalue weighted by Gasteiger charge is -2.24. The van der Waals surface area contributed by atoms with Crippen LogP contribution >= 0.6 is 0 Å². The predicted octanol–water partition coefficient (Wildman–Crippen LogP) is 5.72. The second-order valence-corrected chi connectivity index (χ2v) is 10.6. The van der Waals surface area contributed by atoms with Crippen molar-refractivity contribution in [2.75, 3.05) is 10.6 Å². The SMILES string of the molecule is CS(=O)(=O)N(Cc1ccccc1)c1ccccc1C(=O)NN=Cc1c2ccccc2cc2ccccc12. The fourth-order valence-corrected chi connectivity index (χ4v) is 5.32. The van der Waals surface area contributed by atoms with E-state index in [2.05, 4.69) is 16.6 Å². The Balaban J connectivity index is 1.47. The molecule has 1 N–H and O–H groups in total. The number of nitrogens with zero attached hydrogens (tertiary/aromatic N) is 2. The first-order valence-electron chi connectivity index (χ1n) is 11.8. The van der Waals surface area contributed by atoms with Crippen LogP contribution in [0.3, 0.4) is 0 Å². The molecule has 0 heterocycles. The van der Waals surface area contributed by atoms with E-state index in [4.69, 9.17) is 0 Å². The van der Waals surface area contributed by atoms with Crippen molar-refractivity contribution in [1.82, 2.24) is 5.43 Å². The van der Waals surface area contributed by atoms with Gasteiger partial charge in [0.05, 0.1) is 30.3 Å². The summed E-state index contributed by atoms with van der Waals surface area (Å²) in [5, 5.41) is 8.46. The lowest BCUT2D eigenvalue weighted by atomic mass is 9.97. The van der Waals surface area contributed by atoms with Gasteiger partial charge >= 0.3 is 0 Å². The summed E-state index contributed by atoms with van der Waals surface area (Å²) < 4.78 is 26.7. The Morgan fingerprint density at radius 2 is 1.38 bits per heavy atom. The Morgan fingerprint density at radius 1 is 0.811 bits per heavy atom. The van der Waals surface area contributed by atoms with E-state index < -0.39 is 15.9 Å². The number of hydrogen-bond acceptors (Lipinski definition) is 4. The van der Waals surface area contributed by atoms with Crippen molar-refractivity contribution >= 4 is 49.4 Å². The van der Waals surface area contributed by atoms with Crippen LogP contribution in [0.1, 0.15) is 21.5 Å². The smallest absolute Gasteiger partial charge is 0.267 e. The van der Waals surface area contributed by atoms with Crippen LogP contribution in [-0.2, 0) is 16.6 Å². The normalized spacial score (nSPS) is 11.7. The van der Waals surface area contributed by atoms with Gasteiger partial charge in [-0.1, -0.05) is 91.0 Å². The minimum atomic E-state index is -3.67. The Kier molecular flexibility index (Phi) is 6.70. The first-order chi connectivity index (χ1) is 17.9. The number of sulfonamides is 1. The molecule has 5 aromatic rings. The van der Waals surface area contributed by atoms with Gasteiger partial charge in [0.2, 0.25) is 10.0 Å². The zero-order chi connectivity index (χ0) is 25.8. The van der Waals surface area contributed by atoms with Gasteiger partial charge < -0.3 is 0 Å². The molecule has 1 amide bonds. The largest absolute Gasteiger partial charge is 0.273 e. The summed E-state index contributed by atoms with van der Waals surface area (Å²) in [7, 11) is -3.67. The Labute approximate surface area is 215 Å². The molecule has 5 aromatic carbocycles. The van der Waals surface area contributed by atoms with Gasteiger partial charge in [-0.3, -0.25) is 9.10 Å². The van der Waals surface area contributed by atoms with E-state index in [0.29, 0.717) is 0 Å². The molecule has 0 bridgehead atoms. The van der Waals surface area contributed by atoms with Gasteiger partial charge in [0, 0.05) is 5.56 Å². The molecule has 7 heteroatoms. The molecule has 0 aliphatic rings. The third kappa shape index (κ3) is 5.22. The summed E-state index contributed by atoms with van der Waals surface area (Å²) in [6.45, 7) is 0.106. The second kappa shape index (κ2) is 10.2. The van der Waals surface area contributed by atoms with Gasteiger partial charge in [0.25, 0.3) is 5.91 Å². The van der Waals surface area contributed by atoms with E-state index in [1.54, 1.807) is 30.5 Å². The summed E-state index contributed by atoms with van der Waals surface area (Å²) in [4.78, 5) is 13.2. The summed E-state index contributed by atoms with van der Waals surface area (Å²) in [6, 6.07) is 34.0. The maximum Gasteiger partial charge on any atom is 0.273 e. The third-order valence-corrected chi connectivity index (χ3v) is 7.29. The zero-order valence-electron chi connectivity index (χ0n) is 20.2. The molecule has 0 atom stereocenters. The summed E-state index contributed by atoms with van der Waals surface area (Å²) in [6.07, 6.45) is 2.78. The highest BCUT2D eigenvalue weighted by molar-refractivity contribution is 7.92. The van der Waals surface area contributed by atoms with Gasteiger partial charge in [0.1, 0.15) is 0 Å². The van der Waals surface area contributed by atoms with Crippen molar-refractivity contribution in [3.63, 3.8) is 0 Å². The second-order valence-electron chi connectivity index (χ2n) is 8.70. The van der Waals surface area contributed by atoms with Crippen LogP contribution in [0.2, 0.25) is 0 Å². The zero-order valence-corrected chi connectivity index (χ0v) is 21.0. The number of hydrazone groups is 1. The number of benzene rings is 5. The van der Waals surface area contributed by atoms with Crippen LogP contribution in [0.15, 0.2) is 114 Å². The third-order valence-electron chi connectivity index (χ3n) is 6.16. The maximum atomic E-state index is 13.2. The van der Waals surface area contributed by atoms with Gasteiger partial charge in [-0.25, -0.2) is 13.8 Å². The molecular formula is C30H25N3O3S. The summed E-state index contributed by atoms with van der Waals surface area (Å²) in [5.74, 6) is -0.502. The number of fused-ring (bicyclic) bond motifs is 2. The highest BCUT2D eigenvalue weighted by atomic mass is 32.2. The average molecular weight is 508 g/mol. The van der Waals surface area contributed by atoms with E-state index in [0.717, 1.165) is 38.9 Å². The van der Waals surface area contributed by atoms with E-state index >= 15 is 0 Å². The number of amides is 1. The molecule has 6 nitrogen and oxygen atoms in total. The number of para-hydroxylation sites is 1. The highest BCUT2D eigenvalue weighted by Crippen LogP contribution is 2.28. The Morgan fingerprint density at radius 3 is 2.03 bits per heavy atom. The molecule has 0 aliphatic heterocycles. The van der Waals surface area contributed by atoms with E-state index in [1.165, 1.54) is 4.31 Å². The Bertz CT molecular complexity index is 1680. The number of carbonyl (C=O) groups excluding carboxylic acids is 1. The molecule has 5 rings (SSSR count). The van der Waals surface area contributed by atoms with Gasteiger partial charge in [-0.15, -0.1) is 0 Å². The molecule has 184 valence electrons. The van der Waals surface area contributed by atoms with E-state index in [1.807, 2.05) is 78.9 Å². The molecular weight excluding hydrogens is 482 g/mol. The van der Waals surface area contributed by atoms with Crippen LogP contribution in [-0.4, -0.2) is 26.8 Å².